The summed E-state index contributed by atoms with van der Waals surface area (Å²) in [5.74, 6) is 0.984. The van der Waals surface area contributed by atoms with Crippen LogP contribution in [-0.4, -0.2) is 18.4 Å². The van der Waals surface area contributed by atoms with Crippen LogP contribution in [-0.2, 0) is 16.6 Å². The van der Waals surface area contributed by atoms with E-state index >= 15 is 0 Å². The standard InChI is InChI=1S/C23H18ClN3O3S/c24-21-5-1-2-6-22(21)30-19-7-9-20(10-8-19)31(28,29)27-16-18-4-3-13-26-23(18)17-11-14-25-15-12-17/h1-15,27H,16H2. The van der Waals surface area contributed by atoms with Crippen LogP contribution in [0.5, 0.6) is 11.5 Å². The van der Waals surface area contributed by atoms with Crippen LogP contribution >= 0.6 is 11.6 Å². The van der Waals surface area contributed by atoms with Gasteiger partial charge in [-0.3, -0.25) is 9.97 Å². The first-order valence-corrected chi connectivity index (χ1v) is 11.3. The topological polar surface area (TPSA) is 81.2 Å². The van der Waals surface area contributed by atoms with E-state index in [0.717, 1.165) is 11.1 Å². The van der Waals surface area contributed by atoms with Crippen LogP contribution in [0, 0.1) is 0 Å². The van der Waals surface area contributed by atoms with Crippen LogP contribution in [0.25, 0.3) is 11.3 Å². The van der Waals surface area contributed by atoms with Gasteiger partial charge in [-0.15, -0.1) is 0 Å². The molecule has 4 aromatic rings. The van der Waals surface area contributed by atoms with Crippen molar-refractivity contribution >= 4 is 21.6 Å². The summed E-state index contributed by atoms with van der Waals surface area (Å²) in [6, 6.07) is 20.5. The molecule has 0 aliphatic heterocycles. The number of hydrogen-bond acceptors (Lipinski definition) is 5. The van der Waals surface area contributed by atoms with Gasteiger partial charge in [0.1, 0.15) is 11.5 Å². The summed E-state index contributed by atoms with van der Waals surface area (Å²) in [5, 5.41) is 0.474. The lowest BCUT2D eigenvalue weighted by molar-refractivity contribution is 0.482. The summed E-state index contributed by atoms with van der Waals surface area (Å²) >= 11 is 6.10. The number of rotatable bonds is 7. The minimum atomic E-state index is -3.73. The molecule has 1 N–H and O–H groups in total. The Morgan fingerprint density at radius 1 is 0.871 bits per heavy atom. The SMILES string of the molecule is O=S(=O)(NCc1cccnc1-c1ccncc1)c1ccc(Oc2ccccc2Cl)cc1. The minimum absolute atomic E-state index is 0.103. The zero-order valence-electron chi connectivity index (χ0n) is 16.3. The number of benzene rings is 2. The molecule has 0 aliphatic carbocycles. The molecule has 6 nitrogen and oxygen atoms in total. The highest BCUT2D eigenvalue weighted by molar-refractivity contribution is 7.89. The van der Waals surface area contributed by atoms with E-state index in [2.05, 4.69) is 14.7 Å². The van der Waals surface area contributed by atoms with Gasteiger partial charge in [0, 0.05) is 30.7 Å². The molecular formula is C23H18ClN3O3S. The van der Waals surface area contributed by atoms with Crippen molar-refractivity contribution in [2.45, 2.75) is 11.4 Å². The molecule has 156 valence electrons. The van der Waals surface area contributed by atoms with Crippen molar-refractivity contribution in [2.24, 2.45) is 0 Å². The number of ether oxygens (including phenoxy) is 1. The predicted octanol–water partition coefficient (Wildman–Crippen LogP) is 5.07. The van der Waals surface area contributed by atoms with Crippen LogP contribution in [0.1, 0.15) is 5.56 Å². The zero-order valence-corrected chi connectivity index (χ0v) is 17.8. The van der Waals surface area contributed by atoms with Gasteiger partial charge in [0.15, 0.2) is 0 Å². The Kier molecular flexibility index (Phi) is 6.27. The van der Waals surface area contributed by atoms with Crippen LogP contribution in [0.15, 0.2) is 96.3 Å². The molecule has 31 heavy (non-hydrogen) atoms. The molecule has 0 saturated carbocycles. The first-order valence-electron chi connectivity index (χ1n) is 9.39. The van der Waals surface area contributed by atoms with Crippen molar-refractivity contribution in [2.75, 3.05) is 0 Å². The summed E-state index contributed by atoms with van der Waals surface area (Å²) in [4.78, 5) is 8.53. The van der Waals surface area contributed by atoms with Crippen molar-refractivity contribution in [1.29, 1.82) is 0 Å². The molecule has 4 rings (SSSR count). The number of sulfonamides is 1. The maximum atomic E-state index is 12.8. The van der Waals surface area contributed by atoms with Gasteiger partial charge in [-0.1, -0.05) is 29.8 Å². The van der Waals surface area contributed by atoms with Gasteiger partial charge in [-0.2, -0.15) is 0 Å². The third-order valence-electron chi connectivity index (χ3n) is 4.50. The van der Waals surface area contributed by atoms with E-state index in [-0.39, 0.29) is 11.4 Å². The zero-order chi connectivity index (χ0) is 21.7. The fourth-order valence-electron chi connectivity index (χ4n) is 2.95. The van der Waals surface area contributed by atoms with Crippen molar-refractivity contribution in [3.05, 3.63) is 102 Å². The van der Waals surface area contributed by atoms with Gasteiger partial charge < -0.3 is 4.74 Å². The first kappa shape index (κ1) is 21.0. The Labute approximate surface area is 185 Å². The maximum absolute atomic E-state index is 12.8. The lowest BCUT2D eigenvalue weighted by Crippen LogP contribution is -2.23. The van der Waals surface area contributed by atoms with Gasteiger partial charge in [0.25, 0.3) is 0 Å². The number of pyridine rings is 2. The summed E-state index contributed by atoms with van der Waals surface area (Å²) in [7, 11) is -3.73. The van der Waals surface area contributed by atoms with Crippen LogP contribution in [0.3, 0.4) is 0 Å². The molecule has 2 heterocycles. The van der Waals surface area contributed by atoms with E-state index in [4.69, 9.17) is 16.3 Å². The molecule has 0 unspecified atom stereocenters. The smallest absolute Gasteiger partial charge is 0.240 e. The molecule has 0 spiro atoms. The number of halogens is 1. The maximum Gasteiger partial charge on any atom is 0.240 e. The predicted molar refractivity (Wildman–Crippen MR) is 119 cm³/mol. The van der Waals surface area contributed by atoms with Crippen molar-refractivity contribution in [1.82, 2.24) is 14.7 Å². The lowest BCUT2D eigenvalue weighted by Gasteiger charge is -2.11. The molecule has 2 aromatic heterocycles. The molecular weight excluding hydrogens is 434 g/mol. The molecule has 0 fully saturated rings. The van der Waals surface area contributed by atoms with Crippen molar-refractivity contribution in [3.8, 4) is 22.8 Å². The normalized spacial score (nSPS) is 11.3. The number of para-hydroxylation sites is 1. The fourth-order valence-corrected chi connectivity index (χ4v) is 4.13. The third kappa shape index (κ3) is 5.08. The Balaban J connectivity index is 1.48. The highest BCUT2D eigenvalue weighted by atomic mass is 35.5. The van der Waals surface area contributed by atoms with E-state index in [1.807, 2.05) is 24.3 Å². The molecule has 8 heteroatoms. The van der Waals surface area contributed by atoms with Crippen LogP contribution in [0.4, 0.5) is 0 Å². The van der Waals surface area contributed by atoms with Gasteiger partial charge in [0.2, 0.25) is 10.0 Å². The number of nitrogens with zero attached hydrogens (tertiary/aromatic N) is 2. The minimum Gasteiger partial charge on any atom is -0.456 e. The van der Waals surface area contributed by atoms with Gasteiger partial charge >= 0.3 is 0 Å². The quantitative estimate of drug-likeness (QED) is 0.424. The molecule has 0 bridgehead atoms. The van der Waals surface area contributed by atoms with Crippen molar-refractivity contribution < 1.29 is 13.2 Å². The van der Waals surface area contributed by atoms with Crippen LogP contribution < -0.4 is 9.46 Å². The molecule has 0 radical (unpaired) electrons. The Hall–Kier alpha value is -3.26. The average molecular weight is 452 g/mol. The summed E-state index contributed by atoms with van der Waals surface area (Å²) in [5.41, 5.74) is 2.33. The van der Waals surface area contributed by atoms with E-state index < -0.39 is 10.0 Å². The molecule has 0 saturated heterocycles. The Bertz CT molecular complexity index is 1280. The van der Waals surface area contributed by atoms with Crippen LogP contribution in [0.2, 0.25) is 5.02 Å². The monoisotopic (exact) mass is 451 g/mol. The van der Waals surface area contributed by atoms with Crippen molar-refractivity contribution in [3.63, 3.8) is 0 Å². The van der Waals surface area contributed by atoms with Gasteiger partial charge in [0.05, 0.1) is 15.6 Å². The van der Waals surface area contributed by atoms with E-state index in [1.54, 1.807) is 55.0 Å². The largest absolute Gasteiger partial charge is 0.456 e. The molecule has 0 atom stereocenters. The second-order valence-corrected chi connectivity index (χ2v) is 8.75. The summed E-state index contributed by atoms with van der Waals surface area (Å²) < 4.78 is 33.9. The Morgan fingerprint density at radius 3 is 2.35 bits per heavy atom. The first-order chi connectivity index (χ1) is 15.0. The second-order valence-electron chi connectivity index (χ2n) is 6.58. The van der Waals surface area contributed by atoms with E-state index in [1.165, 1.54) is 12.1 Å². The summed E-state index contributed by atoms with van der Waals surface area (Å²) in [6.07, 6.45) is 5.01. The van der Waals surface area contributed by atoms with E-state index in [9.17, 15) is 8.42 Å². The number of nitrogens with one attached hydrogen (secondary N) is 1. The highest BCUT2D eigenvalue weighted by Crippen LogP contribution is 2.29. The van der Waals surface area contributed by atoms with Gasteiger partial charge in [-0.25, -0.2) is 13.1 Å². The molecule has 2 aromatic carbocycles. The summed E-state index contributed by atoms with van der Waals surface area (Å²) in [6.45, 7) is 0.103. The number of hydrogen-bond donors (Lipinski definition) is 1. The molecule has 0 aliphatic rings. The number of aromatic nitrogens is 2. The second kappa shape index (κ2) is 9.26. The third-order valence-corrected chi connectivity index (χ3v) is 6.23. The highest BCUT2D eigenvalue weighted by Gasteiger charge is 2.16. The average Bonchev–Trinajstić information content (AvgIpc) is 2.80. The Morgan fingerprint density at radius 2 is 1.61 bits per heavy atom. The lowest BCUT2D eigenvalue weighted by atomic mass is 10.1. The van der Waals surface area contributed by atoms with E-state index in [0.29, 0.717) is 22.2 Å². The van der Waals surface area contributed by atoms with Gasteiger partial charge in [-0.05, 0) is 60.2 Å². The fraction of sp³-hybridized carbons (Fsp3) is 0.0435. The molecule has 0 amide bonds.